The summed E-state index contributed by atoms with van der Waals surface area (Å²) in [6, 6.07) is 0. The van der Waals surface area contributed by atoms with Crippen LogP contribution >= 0.6 is 11.8 Å². The predicted octanol–water partition coefficient (Wildman–Crippen LogP) is 1.53. The second-order valence-corrected chi connectivity index (χ2v) is 4.92. The van der Waals surface area contributed by atoms with Gasteiger partial charge in [0.05, 0.1) is 12.7 Å². The molecule has 1 N–H and O–H groups in total. The van der Waals surface area contributed by atoms with Crippen molar-refractivity contribution >= 4 is 11.8 Å². The summed E-state index contributed by atoms with van der Waals surface area (Å²) in [6.07, 6.45) is 0.997. The fourth-order valence-electron chi connectivity index (χ4n) is 1.14. The third kappa shape index (κ3) is 3.33. The smallest absolute Gasteiger partial charge is 0.0627 e. The summed E-state index contributed by atoms with van der Waals surface area (Å²) in [5.41, 5.74) is 0. The van der Waals surface area contributed by atoms with Gasteiger partial charge >= 0.3 is 0 Å². The van der Waals surface area contributed by atoms with E-state index in [1.807, 2.05) is 18.7 Å². The van der Waals surface area contributed by atoms with Crippen LogP contribution in [-0.2, 0) is 4.74 Å². The standard InChI is InChI=1S/C9H18O2S/c1-7(10)8(2)12-6-9-3-4-11-5-9/h7-10H,3-6H2,1-2H3. The first-order chi connectivity index (χ1) is 5.70. The highest BCUT2D eigenvalue weighted by Crippen LogP contribution is 2.22. The Balaban J connectivity index is 2.07. The molecule has 1 aliphatic heterocycles. The summed E-state index contributed by atoms with van der Waals surface area (Å²) >= 11 is 1.85. The number of hydrogen-bond donors (Lipinski definition) is 1. The summed E-state index contributed by atoms with van der Waals surface area (Å²) in [6.45, 7) is 5.77. The minimum atomic E-state index is -0.197. The molecule has 1 fully saturated rings. The third-order valence-corrected chi connectivity index (χ3v) is 3.88. The van der Waals surface area contributed by atoms with Gasteiger partial charge in [0.15, 0.2) is 0 Å². The first-order valence-corrected chi connectivity index (χ1v) is 5.62. The highest BCUT2D eigenvalue weighted by atomic mass is 32.2. The van der Waals surface area contributed by atoms with E-state index >= 15 is 0 Å². The zero-order valence-corrected chi connectivity index (χ0v) is 8.64. The van der Waals surface area contributed by atoms with E-state index in [1.54, 1.807) is 0 Å². The van der Waals surface area contributed by atoms with E-state index in [9.17, 15) is 5.11 Å². The van der Waals surface area contributed by atoms with Crippen LogP contribution in [0.4, 0.5) is 0 Å². The van der Waals surface area contributed by atoms with E-state index in [1.165, 1.54) is 6.42 Å². The van der Waals surface area contributed by atoms with Crippen molar-refractivity contribution in [3.05, 3.63) is 0 Å². The van der Waals surface area contributed by atoms with Crippen molar-refractivity contribution in [3.63, 3.8) is 0 Å². The van der Waals surface area contributed by atoms with Crippen molar-refractivity contribution in [2.24, 2.45) is 5.92 Å². The Morgan fingerprint density at radius 1 is 1.58 bits per heavy atom. The maximum absolute atomic E-state index is 9.24. The summed E-state index contributed by atoms with van der Waals surface area (Å²) in [7, 11) is 0. The SMILES string of the molecule is CC(O)C(C)SCC1CCOC1. The Hall–Kier alpha value is 0.270. The number of rotatable bonds is 4. The first-order valence-electron chi connectivity index (χ1n) is 4.57. The van der Waals surface area contributed by atoms with Crippen LogP contribution in [0.25, 0.3) is 0 Å². The zero-order chi connectivity index (χ0) is 8.97. The topological polar surface area (TPSA) is 29.5 Å². The number of thioether (sulfide) groups is 1. The molecular weight excluding hydrogens is 172 g/mol. The van der Waals surface area contributed by atoms with Crippen LogP contribution in [0.3, 0.4) is 0 Å². The van der Waals surface area contributed by atoms with Crippen LogP contribution < -0.4 is 0 Å². The molecule has 0 aromatic rings. The van der Waals surface area contributed by atoms with Gasteiger partial charge in [0.1, 0.15) is 0 Å². The van der Waals surface area contributed by atoms with Crippen molar-refractivity contribution in [2.75, 3.05) is 19.0 Å². The van der Waals surface area contributed by atoms with Gasteiger partial charge in [-0.15, -0.1) is 0 Å². The molecule has 0 spiro atoms. The molecule has 2 nitrogen and oxygen atoms in total. The highest BCUT2D eigenvalue weighted by molar-refractivity contribution is 7.99. The van der Waals surface area contributed by atoms with Crippen LogP contribution in [0.5, 0.6) is 0 Å². The molecule has 3 heteroatoms. The molecule has 12 heavy (non-hydrogen) atoms. The lowest BCUT2D eigenvalue weighted by molar-refractivity contribution is 0.188. The summed E-state index contributed by atoms with van der Waals surface area (Å²) in [5, 5.41) is 9.60. The molecule has 0 saturated carbocycles. The van der Waals surface area contributed by atoms with Crippen LogP contribution in [0.2, 0.25) is 0 Å². The zero-order valence-electron chi connectivity index (χ0n) is 7.82. The van der Waals surface area contributed by atoms with Crippen LogP contribution in [0.1, 0.15) is 20.3 Å². The molecule has 3 atom stereocenters. The van der Waals surface area contributed by atoms with E-state index in [0.717, 1.165) is 24.9 Å². The normalized spacial score (nSPS) is 28.8. The monoisotopic (exact) mass is 190 g/mol. The van der Waals surface area contributed by atoms with Gasteiger partial charge in [-0.25, -0.2) is 0 Å². The third-order valence-electron chi connectivity index (χ3n) is 2.30. The lowest BCUT2D eigenvalue weighted by Crippen LogP contribution is -2.17. The fourth-order valence-corrected chi connectivity index (χ4v) is 2.26. The van der Waals surface area contributed by atoms with Gasteiger partial charge in [0, 0.05) is 11.9 Å². The Morgan fingerprint density at radius 3 is 2.83 bits per heavy atom. The summed E-state index contributed by atoms with van der Waals surface area (Å²) in [5.74, 6) is 1.85. The molecule has 3 unspecified atom stereocenters. The quantitative estimate of drug-likeness (QED) is 0.729. The maximum atomic E-state index is 9.24. The van der Waals surface area contributed by atoms with E-state index in [0.29, 0.717) is 5.25 Å². The van der Waals surface area contributed by atoms with Gasteiger partial charge in [-0.2, -0.15) is 11.8 Å². The minimum absolute atomic E-state index is 0.197. The number of aliphatic hydroxyl groups is 1. The molecule has 1 rings (SSSR count). The molecule has 1 saturated heterocycles. The van der Waals surface area contributed by atoms with Crippen molar-refractivity contribution < 1.29 is 9.84 Å². The molecule has 0 aromatic carbocycles. The number of aliphatic hydroxyl groups excluding tert-OH is 1. The number of hydrogen-bond acceptors (Lipinski definition) is 3. The molecule has 0 aliphatic carbocycles. The second-order valence-electron chi connectivity index (χ2n) is 3.51. The van der Waals surface area contributed by atoms with E-state index < -0.39 is 0 Å². The van der Waals surface area contributed by atoms with Crippen LogP contribution in [0, 0.1) is 5.92 Å². The Kier molecular flexibility index (Phi) is 4.40. The molecule has 1 aliphatic rings. The number of ether oxygens (including phenoxy) is 1. The van der Waals surface area contributed by atoms with Crippen molar-refractivity contribution in [2.45, 2.75) is 31.6 Å². The van der Waals surface area contributed by atoms with Gasteiger partial charge in [0.25, 0.3) is 0 Å². The Labute approximate surface area is 78.7 Å². The van der Waals surface area contributed by atoms with Crippen molar-refractivity contribution in [1.29, 1.82) is 0 Å². The maximum Gasteiger partial charge on any atom is 0.0627 e. The van der Waals surface area contributed by atoms with Gasteiger partial charge in [-0.05, 0) is 25.0 Å². The molecule has 0 bridgehead atoms. The molecular formula is C9H18O2S. The lowest BCUT2D eigenvalue weighted by Gasteiger charge is -2.15. The average Bonchev–Trinajstić information content (AvgIpc) is 2.51. The van der Waals surface area contributed by atoms with Crippen LogP contribution in [-0.4, -0.2) is 35.4 Å². The van der Waals surface area contributed by atoms with Crippen molar-refractivity contribution in [3.8, 4) is 0 Å². The molecule has 0 aromatic heterocycles. The first kappa shape index (κ1) is 10.4. The summed E-state index contributed by atoms with van der Waals surface area (Å²) < 4.78 is 5.27. The van der Waals surface area contributed by atoms with Crippen molar-refractivity contribution in [1.82, 2.24) is 0 Å². The van der Waals surface area contributed by atoms with Gasteiger partial charge in [0.2, 0.25) is 0 Å². The second kappa shape index (κ2) is 5.10. The molecule has 1 heterocycles. The minimum Gasteiger partial charge on any atom is -0.392 e. The average molecular weight is 190 g/mol. The fraction of sp³-hybridized carbons (Fsp3) is 1.00. The molecule has 72 valence electrons. The summed E-state index contributed by atoms with van der Waals surface area (Å²) in [4.78, 5) is 0. The Bertz CT molecular complexity index is 120. The van der Waals surface area contributed by atoms with Gasteiger partial charge in [-0.3, -0.25) is 0 Å². The van der Waals surface area contributed by atoms with E-state index in [2.05, 4.69) is 6.92 Å². The molecule has 0 radical (unpaired) electrons. The van der Waals surface area contributed by atoms with E-state index in [4.69, 9.17) is 4.74 Å². The molecule has 0 amide bonds. The van der Waals surface area contributed by atoms with Crippen LogP contribution in [0.15, 0.2) is 0 Å². The van der Waals surface area contributed by atoms with Gasteiger partial charge in [-0.1, -0.05) is 6.92 Å². The van der Waals surface area contributed by atoms with E-state index in [-0.39, 0.29) is 6.10 Å². The lowest BCUT2D eigenvalue weighted by atomic mass is 10.2. The van der Waals surface area contributed by atoms with Gasteiger partial charge < -0.3 is 9.84 Å². The predicted molar refractivity (Wildman–Crippen MR) is 52.5 cm³/mol. The highest BCUT2D eigenvalue weighted by Gasteiger charge is 2.18. The Morgan fingerprint density at radius 2 is 2.33 bits per heavy atom. The largest absolute Gasteiger partial charge is 0.392 e.